The molecule has 0 radical (unpaired) electrons. The van der Waals surface area contributed by atoms with Gasteiger partial charge in [-0.05, 0) is 25.5 Å². The fourth-order valence-corrected chi connectivity index (χ4v) is 3.68. The Hall–Kier alpha value is -0.920. The second-order valence-corrected chi connectivity index (χ2v) is 6.58. The van der Waals surface area contributed by atoms with Gasteiger partial charge in [-0.3, -0.25) is 9.36 Å². The van der Waals surface area contributed by atoms with Crippen LogP contribution < -0.4 is 5.56 Å². The Morgan fingerprint density at radius 2 is 2.47 bits per heavy atom. The van der Waals surface area contributed by atoms with E-state index in [1.807, 2.05) is 6.26 Å². The van der Waals surface area contributed by atoms with Gasteiger partial charge in [-0.25, -0.2) is 9.97 Å². The molecule has 3 heterocycles. The average molecular weight is 297 g/mol. The molecule has 2 aromatic rings. The number of hydrogen-bond acceptors (Lipinski definition) is 6. The minimum atomic E-state index is -0.00280. The van der Waals surface area contributed by atoms with Crippen LogP contribution in [0.15, 0.2) is 15.5 Å². The molecule has 0 N–H and O–H groups in total. The minimum Gasteiger partial charge on any atom is -0.376 e. The van der Waals surface area contributed by atoms with Crippen LogP contribution in [0.2, 0.25) is 0 Å². The van der Waals surface area contributed by atoms with Crippen LogP contribution in [-0.4, -0.2) is 33.5 Å². The lowest BCUT2D eigenvalue weighted by atomic mass is 10.1. The number of hydrogen-bond donors (Lipinski definition) is 0. The van der Waals surface area contributed by atoms with Crippen LogP contribution in [0, 0.1) is 0 Å². The van der Waals surface area contributed by atoms with Crippen LogP contribution in [0.3, 0.4) is 0 Å². The molecule has 5 nitrogen and oxygen atoms in total. The second kappa shape index (κ2) is 5.60. The zero-order valence-corrected chi connectivity index (χ0v) is 12.3. The molecule has 0 bridgehead atoms. The van der Waals surface area contributed by atoms with E-state index >= 15 is 0 Å². The van der Waals surface area contributed by atoms with E-state index in [1.54, 1.807) is 10.9 Å². The van der Waals surface area contributed by atoms with Gasteiger partial charge < -0.3 is 4.74 Å². The molecule has 102 valence electrons. The van der Waals surface area contributed by atoms with Crippen LogP contribution in [0.25, 0.3) is 10.3 Å². The molecule has 0 aromatic carbocycles. The van der Waals surface area contributed by atoms with Gasteiger partial charge in [0.2, 0.25) is 0 Å². The molecule has 1 fully saturated rings. The van der Waals surface area contributed by atoms with Crippen molar-refractivity contribution in [1.29, 1.82) is 0 Å². The number of thioether (sulfide) groups is 1. The Labute approximate surface area is 119 Å². The van der Waals surface area contributed by atoms with Gasteiger partial charge in [0, 0.05) is 6.61 Å². The quantitative estimate of drug-likeness (QED) is 0.812. The van der Waals surface area contributed by atoms with E-state index < -0.39 is 0 Å². The number of nitrogens with zero attached hydrogens (tertiary/aromatic N) is 3. The molecule has 0 spiro atoms. The maximum Gasteiger partial charge on any atom is 0.273 e. The van der Waals surface area contributed by atoms with Gasteiger partial charge in [0.25, 0.3) is 5.56 Å². The summed E-state index contributed by atoms with van der Waals surface area (Å²) in [6.07, 6.45) is 6.99. The number of fused-ring (bicyclic) bond motifs is 1. The molecule has 0 amide bonds. The van der Waals surface area contributed by atoms with Crippen molar-refractivity contribution in [2.75, 3.05) is 12.9 Å². The molecule has 19 heavy (non-hydrogen) atoms. The Balaban J connectivity index is 1.91. The number of rotatable bonds is 3. The third-order valence-corrected chi connectivity index (χ3v) is 5.23. The first kappa shape index (κ1) is 13.1. The van der Waals surface area contributed by atoms with Crippen molar-refractivity contribution in [1.82, 2.24) is 14.5 Å². The Morgan fingerprint density at radius 3 is 3.21 bits per heavy atom. The highest BCUT2D eigenvalue weighted by atomic mass is 32.2. The van der Waals surface area contributed by atoms with E-state index in [1.165, 1.54) is 29.5 Å². The van der Waals surface area contributed by atoms with Crippen LogP contribution in [0.1, 0.15) is 19.3 Å². The summed E-state index contributed by atoms with van der Waals surface area (Å²) in [6, 6.07) is 0. The van der Waals surface area contributed by atoms with Crippen molar-refractivity contribution in [2.24, 2.45) is 0 Å². The highest BCUT2D eigenvalue weighted by Gasteiger charge is 2.17. The highest BCUT2D eigenvalue weighted by molar-refractivity contribution is 8.00. The summed E-state index contributed by atoms with van der Waals surface area (Å²) in [6.45, 7) is 1.39. The van der Waals surface area contributed by atoms with E-state index in [0.717, 1.165) is 23.8 Å². The van der Waals surface area contributed by atoms with Gasteiger partial charge in [-0.15, -0.1) is 11.3 Å². The predicted molar refractivity (Wildman–Crippen MR) is 77.0 cm³/mol. The van der Waals surface area contributed by atoms with Crippen molar-refractivity contribution >= 4 is 33.4 Å². The Bertz CT molecular complexity index is 631. The van der Waals surface area contributed by atoms with Crippen molar-refractivity contribution in [3.05, 3.63) is 16.7 Å². The fourth-order valence-electron chi connectivity index (χ4n) is 2.22. The standard InChI is InChI=1S/C12H15N3O2S2/c1-18-12-14-10-9(19-12)11(16)15(7-13-10)6-8-4-2-3-5-17-8/h7-8H,2-6H2,1H3. The molecule has 1 aliphatic heterocycles. The van der Waals surface area contributed by atoms with Gasteiger partial charge in [-0.2, -0.15) is 0 Å². The molecule has 1 aliphatic rings. The van der Waals surface area contributed by atoms with Crippen molar-refractivity contribution in [3.8, 4) is 0 Å². The third kappa shape index (κ3) is 2.68. The maximum absolute atomic E-state index is 12.4. The summed E-state index contributed by atoms with van der Waals surface area (Å²) in [5.74, 6) is 0. The first-order valence-corrected chi connectivity index (χ1v) is 8.33. The van der Waals surface area contributed by atoms with E-state index in [2.05, 4.69) is 9.97 Å². The number of ether oxygens (including phenoxy) is 1. The monoisotopic (exact) mass is 297 g/mol. The molecule has 0 saturated carbocycles. The van der Waals surface area contributed by atoms with E-state index in [9.17, 15) is 4.79 Å². The summed E-state index contributed by atoms with van der Waals surface area (Å²) >= 11 is 2.95. The van der Waals surface area contributed by atoms with Crippen LogP contribution >= 0.6 is 23.1 Å². The largest absolute Gasteiger partial charge is 0.376 e. The molecule has 1 saturated heterocycles. The topological polar surface area (TPSA) is 57.0 Å². The van der Waals surface area contributed by atoms with Gasteiger partial charge in [-0.1, -0.05) is 11.8 Å². The van der Waals surface area contributed by atoms with Crippen LogP contribution in [0.4, 0.5) is 0 Å². The third-order valence-electron chi connectivity index (χ3n) is 3.21. The lowest BCUT2D eigenvalue weighted by Gasteiger charge is -2.22. The molecule has 1 unspecified atom stereocenters. The summed E-state index contributed by atoms with van der Waals surface area (Å²) < 4.78 is 8.85. The summed E-state index contributed by atoms with van der Waals surface area (Å²) in [4.78, 5) is 20.9. The lowest BCUT2D eigenvalue weighted by Crippen LogP contribution is -2.30. The summed E-state index contributed by atoms with van der Waals surface area (Å²) in [5, 5.41) is 0. The van der Waals surface area contributed by atoms with Crippen molar-refractivity contribution in [2.45, 2.75) is 36.3 Å². The van der Waals surface area contributed by atoms with E-state index in [0.29, 0.717) is 16.9 Å². The highest BCUT2D eigenvalue weighted by Crippen LogP contribution is 2.24. The molecule has 3 rings (SSSR count). The van der Waals surface area contributed by atoms with Gasteiger partial charge >= 0.3 is 0 Å². The Morgan fingerprint density at radius 1 is 1.58 bits per heavy atom. The predicted octanol–water partition coefficient (Wildman–Crippen LogP) is 2.14. The first-order chi connectivity index (χ1) is 9.28. The summed E-state index contributed by atoms with van der Waals surface area (Å²) in [7, 11) is 0. The Kier molecular flexibility index (Phi) is 3.86. The molecular formula is C12H15N3O2S2. The molecule has 0 aliphatic carbocycles. The summed E-state index contributed by atoms with van der Waals surface area (Å²) in [5.41, 5.74) is 0.553. The normalized spacial score (nSPS) is 19.9. The van der Waals surface area contributed by atoms with Crippen molar-refractivity contribution in [3.63, 3.8) is 0 Å². The molecule has 2 aromatic heterocycles. The number of thiazole rings is 1. The smallest absolute Gasteiger partial charge is 0.273 e. The van der Waals surface area contributed by atoms with E-state index in [-0.39, 0.29) is 11.7 Å². The SMILES string of the molecule is CSc1nc2ncn(CC3CCCCO3)c(=O)c2s1. The second-order valence-electron chi connectivity index (χ2n) is 4.53. The zero-order valence-electron chi connectivity index (χ0n) is 10.7. The minimum absolute atomic E-state index is 0.00280. The number of aromatic nitrogens is 3. The maximum atomic E-state index is 12.4. The van der Waals surface area contributed by atoms with Gasteiger partial charge in [0.15, 0.2) is 9.99 Å². The fraction of sp³-hybridized carbons (Fsp3) is 0.583. The molecular weight excluding hydrogens is 282 g/mol. The first-order valence-electron chi connectivity index (χ1n) is 6.29. The molecule has 1 atom stereocenters. The lowest BCUT2D eigenvalue weighted by molar-refractivity contribution is 0.00536. The average Bonchev–Trinajstić information content (AvgIpc) is 2.87. The van der Waals surface area contributed by atoms with Gasteiger partial charge in [0.1, 0.15) is 11.0 Å². The van der Waals surface area contributed by atoms with E-state index in [4.69, 9.17) is 4.74 Å². The van der Waals surface area contributed by atoms with Crippen LogP contribution in [0.5, 0.6) is 0 Å². The zero-order chi connectivity index (χ0) is 13.2. The van der Waals surface area contributed by atoms with Crippen LogP contribution in [-0.2, 0) is 11.3 Å². The van der Waals surface area contributed by atoms with Gasteiger partial charge in [0.05, 0.1) is 12.6 Å². The molecule has 7 heteroatoms. The van der Waals surface area contributed by atoms with Crippen molar-refractivity contribution < 1.29 is 4.74 Å².